The lowest BCUT2D eigenvalue weighted by molar-refractivity contribution is -0.116. The zero-order valence-electron chi connectivity index (χ0n) is 11.9. The minimum atomic E-state index is -0.311. The van der Waals surface area contributed by atoms with E-state index >= 15 is 0 Å². The Balaban J connectivity index is 1.49. The highest BCUT2D eigenvalue weighted by Crippen LogP contribution is 2.22. The molecule has 3 aromatic rings. The first-order valence-corrected chi connectivity index (χ1v) is 7.92. The van der Waals surface area contributed by atoms with Crippen molar-refractivity contribution in [1.82, 2.24) is 4.98 Å². The molecule has 0 unspecified atom stereocenters. The van der Waals surface area contributed by atoms with E-state index in [-0.39, 0.29) is 11.7 Å². The molecule has 112 valence electrons. The maximum atomic E-state index is 12.8. The van der Waals surface area contributed by atoms with E-state index in [1.54, 1.807) is 23.5 Å². The Bertz CT molecular complexity index is 750. The first-order chi connectivity index (χ1) is 10.7. The summed E-state index contributed by atoms with van der Waals surface area (Å²) in [6.07, 6.45) is 1.95. The van der Waals surface area contributed by atoms with Crippen LogP contribution in [-0.4, -0.2) is 10.9 Å². The van der Waals surface area contributed by atoms with Gasteiger partial charge in [0, 0.05) is 12.1 Å². The zero-order chi connectivity index (χ0) is 15.4. The van der Waals surface area contributed by atoms with Gasteiger partial charge in [-0.3, -0.25) is 4.79 Å². The van der Waals surface area contributed by atoms with E-state index in [1.807, 2.05) is 18.2 Å². The number of carbonyl (C=O) groups is 1. The SMILES string of the molecule is O=C(CCCc1nc2ccccc2s1)Nc1ccc(F)cc1. The van der Waals surface area contributed by atoms with E-state index in [0.29, 0.717) is 12.1 Å². The molecule has 5 heteroatoms. The van der Waals surface area contributed by atoms with E-state index in [0.717, 1.165) is 23.4 Å². The molecule has 0 saturated heterocycles. The molecule has 3 rings (SSSR count). The van der Waals surface area contributed by atoms with Gasteiger partial charge in [0.2, 0.25) is 5.91 Å². The van der Waals surface area contributed by atoms with Crippen molar-refractivity contribution >= 4 is 33.1 Å². The standard InChI is InChI=1S/C17H15FN2OS/c18-12-8-10-13(11-9-12)19-16(21)6-3-7-17-20-14-4-1-2-5-15(14)22-17/h1-2,4-5,8-11H,3,6-7H2,(H,19,21). The summed E-state index contributed by atoms with van der Waals surface area (Å²) in [6.45, 7) is 0. The first-order valence-electron chi connectivity index (χ1n) is 7.10. The largest absolute Gasteiger partial charge is 0.326 e. The molecule has 0 spiro atoms. The molecule has 1 amide bonds. The number of benzene rings is 2. The molecular formula is C17H15FN2OS. The van der Waals surface area contributed by atoms with Gasteiger partial charge in [0.15, 0.2) is 0 Å². The predicted molar refractivity (Wildman–Crippen MR) is 87.6 cm³/mol. The quantitative estimate of drug-likeness (QED) is 0.758. The van der Waals surface area contributed by atoms with E-state index in [1.165, 1.54) is 16.8 Å². The molecular weight excluding hydrogens is 299 g/mol. The van der Waals surface area contributed by atoms with Gasteiger partial charge in [0.25, 0.3) is 0 Å². The number of fused-ring (bicyclic) bond motifs is 1. The van der Waals surface area contributed by atoms with Crippen LogP contribution in [0, 0.1) is 5.82 Å². The average molecular weight is 314 g/mol. The van der Waals surface area contributed by atoms with Crippen LogP contribution in [0.2, 0.25) is 0 Å². The summed E-state index contributed by atoms with van der Waals surface area (Å²) in [5.74, 6) is -0.374. The Hall–Kier alpha value is -2.27. The molecule has 0 aliphatic carbocycles. The van der Waals surface area contributed by atoms with Crippen molar-refractivity contribution in [3.05, 3.63) is 59.4 Å². The maximum absolute atomic E-state index is 12.8. The number of rotatable bonds is 5. The van der Waals surface area contributed by atoms with Gasteiger partial charge in [-0.25, -0.2) is 9.37 Å². The van der Waals surface area contributed by atoms with Crippen LogP contribution in [0.5, 0.6) is 0 Å². The molecule has 0 saturated carbocycles. The number of halogens is 1. The molecule has 0 radical (unpaired) electrons. The van der Waals surface area contributed by atoms with Gasteiger partial charge >= 0.3 is 0 Å². The van der Waals surface area contributed by atoms with Crippen molar-refractivity contribution in [3.63, 3.8) is 0 Å². The molecule has 0 atom stereocenters. The minimum absolute atomic E-state index is 0.0623. The van der Waals surface area contributed by atoms with Gasteiger partial charge in [0.05, 0.1) is 15.2 Å². The number of amides is 1. The summed E-state index contributed by atoms with van der Waals surface area (Å²) in [6, 6.07) is 13.8. The van der Waals surface area contributed by atoms with Crippen molar-refractivity contribution < 1.29 is 9.18 Å². The highest BCUT2D eigenvalue weighted by atomic mass is 32.1. The van der Waals surface area contributed by atoms with Crippen molar-refractivity contribution in [2.45, 2.75) is 19.3 Å². The molecule has 0 aliphatic heterocycles. The molecule has 1 N–H and O–H groups in total. The number of hydrogen-bond donors (Lipinski definition) is 1. The van der Waals surface area contributed by atoms with Gasteiger partial charge in [-0.2, -0.15) is 0 Å². The van der Waals surface area contributed by atoms with Crippen LogP contribution in [0.3, 0.4) is 0 Å². The highest BCUT2D eigenvalue weighted by Gasteiger charge is 2.06. The van der Waals surface area contributed by atoms with E-state index in [2.05, 4.69) is 16.4 Å². The maximum Gasteiger partial charge on any atom is 0.224 e. The second-order valence-corrected chi connectivity index (χ2v) is 6.10. The van der Waals surface area contributed by atoms with Gasteiger partial charge in [0.1, 0.15) is 5.82 Å². The number of anilines is 1. The normalized spacial score (nSPS) is 10.8. The third-order valence-electron chi connectivity index (χ3n) is 3.26. The van der Waals surface area contributed by atoms with Crippen LogP contribution in [0.25, 0.3) is 10.2 Å². The van der Waals surface area contributed by atoms with Crippen molar-refractivity contribution in [2.75, 3.05) is 5.32 Å². The monoisotopic (exact) mass is 314 g/mol. The highest BCUT2D eigenvalue weighted by molar-refractivity contribution is 7.18. The van der Waals surface area contributed by atoms with Gasteiger partial charge in [-0.05, 0) is 49.2 Å². The summed E-state index contributed by atoms with van der Waals surface area (Å²) in [5.41, 5.74) is 1.63. The molecule has 0 bridgehead atoms. The molecule has 1 aromatic heterocycles. The molecule has 3 nitrogen and oxygen atoms in total. The summed E-state index contributed by atoms with van der Waals surface area (Å²) >= 11 is 1.67. The van der Waals surface area contributed by atoms with Crippen LogP contribution in [0.15, 0.2) is 48.5 Å². The summed E-state index contributed by atoms with van der Waals surface area (Å²) in [5, 5.41) is 3.81. The lowest BCUT2D eigenvalue weighted by atomic mass is 10.2. The molecule has 1 heterocycles. The Morgan fingerprint density at radius 1 is 1.14 bits per heavy atom. The second kappa shape index (κ2) is 6.66. The molecule has 2 aromatic carbocycles. The molecule has 0 fully saturated rings. The van der Waals surface area contributed by atoms with E-state index in [4.69, 9.17) is 0 Å². The number of aryl methyl sites for hydroxylation is 1. The lowest BCUT2D eigenvalue weighted by Crippen LogP contribution is -2.11. The second-order valence-electron chi connectivity index (χ2n) is 4.98. The van der Waals surface area contributed by atoms with Crippen molar-refractivity contribution in [1.29, 1.82) is 0 Å². The van der Waals surface area contributed by atoms with Crippen LogP contribution < -0.4 is 5.32 Å². The van der Waals surface area contributed by atoms with Crippen LogP contribution in [0.4, 0.5) is 10.1 Å². The van der Waals surface area contributed by atoms with Crippen molar-refractivity contribution in [2.24, 2.45) is 0 Å². The van der Waals surface area contributed by atoms with Gasteiger partial charge < -0.3 is 5.32 Å². The number of para-hydroxylation sites is 1. The molecule has 22 heavy (non-hydrogen) atoms. The fraction of sp³-hybridized carbons (Fsp3) is 0.176. The Kier molecular flexibility index (Phi) is 4.44. The van der Waals surface area contributed by atoms with Crippen molar-refractivity contribution in [3.8, 4) is 0 Å². The Morgan fingerprint density at radius 2 is 1.91 bits per heavy atom. The summed E-state index contributed by atoms with van der Waals surface area (Å²) in [7, 11) is 0. The fourth-order valence-corrected chi connectivity index (χ4v) is 3.19. The Morgan fingerprint density at radius 3 is 2.68 bits per heavy atom. The number of nitrogens with one attached hydrogen (secondary N) is 1. The van der Waals surface area contributed by atoms with Crippen LogP contribution in [0.1, 0.15) is 17.8 Å². The Labute approximate surface area is 131 Å². The summed E-state index contributed by atoms with van der Waals surface area (Å²) < 4.78 is 14.0. The van der Waals surface area contributed by atoms with Crippen LogP contribution in [-0.2, 0) is 11.2 Å². The topological polar surface area (TPSA) is 42.0 Å². The minimum Gasteiger partial charge on any atom is -0.326 e. The van der Waals surface area contributed by atoms with Crippen LogP contribution >= 0.6 is 11.3 Å². The van der Waals surface area contributed by atoms with Gasteiger partial charge in [-0.15, -0.1) is 11.3 Å². The smallest absolute Gasteiger partial charge is 0.224 e. The predicted octanol–water partition coefficient (Wildman–Crippen LogP) is 4.40. The third kappa shape index (κ3) is 3.68. The van der Waals surface area contributed by atoms with Gasteiger partial charge in [-0.1, -0.05) is 12.1 Å². The summed E-state index contributed by atoms with van der Waals surface area (Å²) in [4.78, 5) is 16.4. The number of carbonyl (C=O) groups excluding carboxylic acids is 1. The molecule has 0 aliphatic rings. The number of aromatic nitrogens is 1. The number of hydrogen-bond acceptors (Lipinski definition) is 3. The van der Waals surface area contributed by atoms with E-state index < -0.39 is 0 Å². The lowest BCUT2D eigenvalue weighted by Gasteiger charge is -2.04. The number of thiazole rings is 1. The number of nitrogens with zero attached hydrogens (tertiary/aromatic N) is 1. The average Bonchev–Trinajstić information content (AvgIpc) is 2.92. The third-order valence-corrected chi connectivity index (χ3v) is 4.36. The van der Waals surface area contributed by atoms with E-state index in [9.17, 15) is 9.18 Å². The first kappa shape index (κ1) is 14.7. The zero-order valence-corrected chi connectivity index (χ0v) is 12.7. The fourth-order valence-electron chi connectivity index (χ4n) is 2.18.